The molecule has 0 aromatic heterocycles. The van der Waals surface area contributed by atoms with Crippen molar-refractivity contribution in [2.75, 3.05) is 0 Å². The molecule has 0 aliphatic carbocycles. The van der Waals surface area contributed by atoms with Gasteiger partial charge in [0.25, 0.3) is 0 Å². The largest absolute Gasteiger partial charge is 1.00 e. The fourth-order valence-corrected chi connectivity index (χ4v) is 2.73. The van der Waals surface area contributed by atoms with Gasteiger partial charge in [0.05, 0.1) is 4.90 Å². The van der Waals surface area contributed by atoms with Crippen molar-refractivity contribution in [1.82, 2.24) is 0 Å². The van der Waals surface area contributed by atoms with E-state index in [2.05, 4.69) is 13.8 Å². The van der Waals surface area contributed by atoms with E-state index in [1.807, 2.05) is 0 Å². The van der Waals surface area contributed by atoms with Crippen LogP contribution in [0.25, 0.3) is 0 Å². The van der Waals surface area contributed by atoms with Crippen molar-refractivity contribution in [3.05, 3.63) is 29.8 Å². The van der Waals surface area contributed by atoms with Crippen LogP contribution in [0.15, 0.2) is 29.2 Å². The molecule has 0 N–H and O–H groups in total. The standard InChI is InChI=1S/C15H24O3S.Na/c1-3-5-6-7-13(4-2)12-14-8-10-15(11-9-14)19(16,17)18;/h8-11,13H,3-7,12H2,1-2H3,(H,16,17,18);/q;+1/p-1. The van der Waals surface area contributed by atoms with Gasteiger partial charge in [0.1, 0.15) is 10.1 Å². The predicted molar refractivity (Wildman–Crippen MR) is 76.0 cm³/mol. The summed E-state index contributed by atoms with van der Waals surface area (Å²) in [5.74, 6) is 0.640. The average molecular weight is 306 g/mol. The first-order valence-electron chi connectivity index (χ1n) is 7.02. The van der Waals surface area contributed by atoms with Crippen LogP contribution in [-0.2, 0) is 16.5 Å². The van der Waals surface area contributed by atoms with Crippen LogP contribution < -0.4 is 29.6 Å². The molecule has 0 amide bonds. The Bertz CT molecular complexity index is 468. The maximum atomic E-state index is 10.8. The number of rotatable bonds is 8. The molecule has 0 bridgehead atoms. The van der Waals surface area contributed by atoms with Crippen molar-refractivity contribution in [3.8, 4) is 0 Å². The molecule has 0 aliphatic heterocycles. The molecule has 0 spiro atoms. The van der Waals surface area contributed by atoms with E-state index in [-0.39, 0.29) is 34.5 Å². The smallest absolute Gasteiger partial charge is 0.744 e. The summed E-state index contributed by atoms with van der Waals surface area (Å²) in [5, 5.41) is 0. The third-order valence-corrected chi connectivity index (χ3v) is 4.38. The van der Waals surface area contributed by atoms with E-state index in [4.69, 9.17) is 0 Å². The van der Waals surface area contributed by atoms with Crippen LogP contribution in [0.1, 0.15) is 51.5 Å². The fourth-order valence-electron chi connectivity index (χ4n) is 2.26. The first kappa shape index (κ1) is 20.1. The third kappa shape index (κ3) is 7.23. The van der Waals surface area contributed by atoms with Gasteiger partial charge in [0, 0.05) is 0 Å². The second-order valence-corrected chi connectivity index (χ2v) is 6.45. The van der Waals surface area contributed by atoms with Crippen LogP contribution >= 0.6 is 0 Å². The molecule has 3 nitrogen and oxygen atoms in total. The van der Waals surface area contributed by atoms with E-state index in [1.165, 1.54) is 37.8 Å². The molecular formula is C15H23NaO3S. The monoisotopic (exact) mass is 306 g/mol. The summed E-state index contributed by atoms with van der Waals surface area (Å²) in [5.41, 5.74) is 1.11. The molecule has 0 aliphatic rings. The van der Waals surface area contributed by atoms with Crippen molar-refractivity contribution in [2.24, 2.45) is 5.92 Å². The number of hydrogen-bond acceptors (Lipinski definition) is 3. The third-order valence-electron chi connectivity index (χ3n) is 3.53. The fraction of sp³-hybridized carbons (Fsp3) is 0.600. The zero-order chi connectivity index (χ0) is 14.3. The predicted octanol–water partition coefficient (Wildman–Crippen LogP) is 0.744. The molecule has 108 valence electrons. The van der Waals surface area contributed by atoms with Gasteiger partial charge >= 0.3 is 29.6 Å². The zero-order valence-electron chi connectivity index (χ0n) is 12.8. The molecule has 0 saturated carbocycles. The minimum atomic E-state index is -4.32. The first-order chi connectivity index (χ1) is 8.97. The summed E-state index contributed by atoms with van der Waals surface area (Å²) in [6, 6.07) is 6.34. The van der Waals surface area contributed by atoms with Gasteiger partial charge in [-0.25, -0.2) is 8.42 Å². The molecule has 0 radical (unpaired) electrons. The Morgan fingerprint density at radius 2 is 1.70 bits per heavy atom. The van der Waals surface area contributed by atoms with E-state index in [9.17, 15) is 13.0 Å². The SMILES string of the molecule is CCCCCC(CC)Cc1ccc(S(=O)(=O)[O-])cc1.[Na+]. The molecule has 0 heterocycles. The van der Waals surface area contributed by atoms with Gasteiger partial charge in [-0.2, -0.15) is 0 Å². The van der Waals surface area contributed by atoms with E-state index < -0.39 is 10.1 Å². The summed E-state index contributed by atoms with van der Waals surface area (Å²) in [6.07, 6.45) is 7.05. The second kappa shape index (κ2) is 9.96. The molecule has 1 aromatic carbocycles. The van der Waals surface area contributed by atoms with E-state index in [0.29, 0.717) is 5.92 Å². The van der Waals surface area contributed by atoms with Crippen LogP contribution in [0, 0.1) is 5.92 Å². The summed E-state index contributed by atoms with van der Waals surface area (Å²) >= 11 is 0. The molecule has 1 rings (SSSR count). The summed E-state index contributed by atoms with van der Waals surface area (Å²) in [4.78, 5) is -0.143. The summed E-state index contributed by atoms with van der Waals surface area (Å²) < 4.78 is 32.5. The molecule has 5 heteroatoms. The van der Waals surface area contributed by atoms with Crippen LogP contribution in [-0.4, -0.2) is 13.0 Å². The van der Waals surface area contributed by atoms with Gasteiger partial charge in [-0.3, -0.25) is 0 Å². The normalized spacial score (nSPS) is 12.8. The molecule has 1 aromatic rings. The Hall–Kier alpha value is 0.130. The zero-order valence-corrected chi connectivity index (χ0v) is 15.6. The Balaban J connectivity index is 0.00000361. The van der Waals surface area contributed by atoms with Crippen LogP contribution in [0.5, 0.6) is 0 Å². The van der Waals surface area contributed by atoms with Gasteiger partial charge in [-0.15, -0.1) is 0 Å². The number of hydrogen-bond donors (Lipinski definition) is 0. The van der Waals surface area contributed by atoms with Crippen molar-refractivity contribution >= 4 is 10.1 Å². The maximum Gasteiger partial charge on any atom is 1.00 e. The summed E-state index contributed by atoms with van der Waals surface area (Å²) in [7, 11) is -4.32. The minimum absolute atomic E-state index is 0. The average Bonchev–Trinajstić information content (AvgIpc) is 2.37. The Kier molecular flexibility index (Phi) is 10.0. The Morgan fingerprint density at radius 1 is 1.10 bits per heavy atom. The quantitative estimate of drug-likeness (QED) is 0.404. The number of benzene rings is 1. The van der Waals surface area contributed by atoms with Gasteiger partial charge in [-0.1, -0.05) is 58.1 Å². The molecule has 0 saturated heterocycles. The van der Waals surface area contributed by atoms with Gasteiger partial charge < -0.3 is 4.55 Å². The first-order valence-corrected chi connectivity index (χ1v) is 8.43. The van der Waals surface area contributed by atoms with Crippen LogP contribution in [0.2, 0.25) is 0 Å². The van der Waals surface area contributed by atoms with Gasteiger partial charge in [0.15, 0.2) is 0 Å². The minimum Gasteiger partial charge on any atom is -0.744 e. The van der Waals surface area contributed by atoms with E-state index in [1.54, 1.807) is 12.1 Å². The molecular weight excluding hydrogens is 283 g/mol. The Labute approximate surface area is 145 Å². The van der Waals surface area contributed by atoms with Crippen LogP contribution in [0.3, 0.4) is 0 Å². The molecule has 0 fully saturated rings. The Morgan fingerprint density at radius 3 is 2.15 bits per heavy atom. The van der Waals surface area contributed by atoms with Crippen molar-refractivity contribution in [3.63, 3.8) is 0 Å². The van der Waals surface area contributed by atoms with Crippen molar-refractivity contribution in [2.45, 2.75) is 57.3 Å². The number of unbranched alkanes of at least 4 members (excludes halogenated alkanes) is 2. The van der Waals surface area contributed by atoms with E-state index >= 15 is 0 Å². The maximum absolute atomic E-state index is 10.8. The van der Waals surface area contributed by atoms with E-state index in [0.717, 1.165) is 18.4 Å². The van der Waals surface area contributed by atoms with Crippen LogP contribution in [0.4, 0.5) is 0 Å². The molecule has 1 unspecified atom stereocenters. The van der Waals surface area contributed by atoms with Crippen molar-refractivity contribution < 1.29 is 42.5 Å². The van der Waals surface area contributed by atoms with Gasteiger partial charge in [0.2, 0.25) is 0 Å². The molecule has 20 heavy (non-hydrogen) atoms. The second-order valence-electron chi connectivity index (χ2n) is 5.07. The van der Waals surface area contributed by atoms with Gasteiger partial charge in [-0.05, 0) is 30.0 Å². The molecule has 1 atom stereocenters. The topological polar surface area (TPSA) is 57.2 Å². The summed E-state index contributed by atoms with van der Waals surface area (Å²) in [6.45, 7) is 4.39. The van der Waals surface area contributed by atoms with Crippen molar-refractivity contribution in [1.29, 1.82) is 0 Å².